The lowest BCUT2D eigenvalue weighted by Gasteiger charge is -2.31. The smallest absolute Gasteiger partial charge is 0.252 e. The maximum absolute atomic E-state index is 12.9. The summed E-state index contributed by atoms with van der Waals surface area (Å²) in [6.07, 6.45) is 3.53. The van der Waals surface area contributed by atoms with E-state index in [0.29, 0.717) is 25.2 Å². The van der Waals surface area contributed by atoms with Crippen molar-refractivity contribution in [3.8, 4) is 0 Å². The summed E-state index contributed by atoms with van der Waals surface area (Å²) in [6, 6.07) is 15.4. The first kappa shape index (κ1) is 24.3. The number of primary amides is 1. The molecule has 0 aromatic heterocycles. The molecule has 34 heavy (non-hydrogen) atoms. The van der Waals surface area contributed by atoms with Gasteiger partial charge in [0.2, 0.25) is 11.8 Å². The Labute approximate surface area is 205 Å². The standard InChI is InChI=1S/C26H32N4O3S/c27-25(32)20-8-5-14-29(17-20)15-6-13-28-26(33)21-9-2-4-11-23(21)34-18-24(31)30-16-12-19-7-1-3-10-22(19)30/h1-4,7,9-11,20H,5-6,8,12-18H2,(H2,27,32)(H,28,33). The van der Waals surface area contributed by atoms with Crippen molar-refractivity contribution in [2.24, 2.45) is 11.7 Å². The number of fused-ring (bicyclic) bond motifs is 1. The molecular weight excluding hydrogens is 448 g/mol. The molecule has 0 spiro atoms. The van der Waals surface area contributed by atoms with Crippen LogP contribution in [0.25, 0.3) is 0 Å². The summed E-state index contributed by atoms with van der Waals surface area (Å²) in [5, 5.41) is 3.00. The molecule has 1 unspecified atom stereocenters. The first-order valence-electron chi connectivity index (χ1n) is 11.9. The van der Waals surface area contributed by atoms with Crippen molar-refractivity contribution in [2.75, 3.05) is 43.4 Å². The van der Waals surface area contributed by atoms with Crippen LogP contribution in [-0.2, 0) is 16.0 Å². The van der Waals surface area contributed by atoms with Crippen molar-refractivity contribution in [3.05, 3.63) is 59.7 Å². The molecule has 1 saturated heterocycles. The summed E-state index contributed by atoms with van der Waals surface area (Å²) in [6.45, 7) is 3.76. The minimum Gasteiger partial charge on any atom is -0.369 e. The van der Waals surface area contributed by atoms with Crippen molar-refractivity contribution >= 4 is 35.2 Å². The molecule has 2 aliphatic rings. The number of benzene rings is 2. The number of nitrogens with one attached hydrogen (secondary N) is 1. The third kappa shape index (κ3) is 5.98. The number of nitrogens with two attached hydrogens (primary N) is 1. The number of para-hydroxylation sites is 1. The fourth-order valence-corrected chi connectivity index (χ4v) is 5.61. The second kappa shape index (κ2) is 11.5. The molecule has 1 fully saturated rings. The highest BCUT2D eigenvalue weighted by molar-refractivity contribution is 8.00. The molecule has 3 N–H and O–H groups in total. The van der Waals surface area contributed by atoms with E-state index in [9.17, 15) is 14.4 Å². The Kier molecular flexibility index (Phi) is 8.24. The van der Waals surface area contributed by atoms with Crippen LogP contribution in [0.5, 0.6) is 0 Å². The Bertz CT molecular complexity index is 1040. The SMILES string of the molecule is NC(=O)C1CCCN(CCCNC(=O)c2ccccc2SCC(=O)N2CCc3ccccc32)C1. The zero-order valence-electron chi connectivity index (χ0n) is 19.4. The number of nitrogens with zero attached hydrogens (tertiary/aromatic N) is 2. The van der Waals surface area contributed by atoms with Crippen LogP contribution in [0.4, 0.5) is 5.69 Å². The highest BCUT2D eigenvalue weighted by Gasteiger charge is 2.25. The number of thioether (sulfide) groups is 1. The summed E-state index contributed by atoms with van der Waals surface area (Å²) < 4.78 is 0. The Morgan fingerprint density at radius 1 is 1.06 bits per heavy atom. The molecule has 2 aromatic carbocycles. The van der Waals surface area contributed by atoms with Crippen molar-refractivity contribution < 1.29 is 14.4 Å². The molecule has 2 aliphatic heterocycles. The molecule has 0 radical (unpaired) electrons. The average Bonchev–Trinajstić information content (AvgIpc) is 3.30. The summed E-state index contributed by atoms with van der Waals surface area (Å²) in [5.41, 5.74) is 8.24. The molecule has 2 heterocycles. The molecule has 4 rings (SSSR count). The summed E-state index contributed by atoms with van der Waals surface area (Å²) in [7, 11) is 0. The highest BCUT2D eigenvalue weighted by Crippen LogP contribution is 2.29. The number of amides is 3. The Morgan fingerprint density at radius 3 is 2.71 bits per heavy atom. The molecule has 180 valence electrons. The second-order valence-electron chi connectivity index (χ2n) is 8.86. The number of hydrogen-bond donors (Lipinski definition) is 2. The van der Waals surface area contributed by atoms with Gasteiger partial charge in [-0.3, -0.25) is 14.4 Å². The van der Waals surface area contributed by atoms with Gasteiger partial charge in [-0.05, 0) is 62.5 Å². The van der Waals surface area contributed by atoms with E-state index >= 15 is 0 Å². The van der Waals surface area contributed by atoms with E-state index in [0.717, 1.165) is 49.4 Å². The van der Waals surface area contributed by atoms with Crippen LogP contribution >= 0.6 is 11.8 Å². The Balaban J connectivity index is 1.25. The number of carbonyl (C=O) groups excluding carboxylic acids is 3. The van der Waals surface area contributed by atoms with E-state index in [2.05, 4.69) is 16.3 Å². The molecule has 0 bridgehead atoms. The normalized spacial score (nSPS) is 17.9. The predicted octanol–water partition coefficient (Wildman–Crippen LogP) is 2.69. The average molecular weight is 481 g/mol. The van der Waals surface area contributed by atoms with Gasteiger partial charge >= 0.3 is 0 Å². The molecule has 8 heteroatoms. The van der Waals surface area contributed by atoms with Crippen molar-refractivity contribution in [2.45, 2.75) is 30.6 Å². The molecule has 3 amide bonds. The molecule has 1 atom stereocenters. The molecular formula is C26H32N4O3S. The zero-order valence-corrected chi connectivity index (χ0v) is 20.2. The Hall–Kier alpha value is -2.84. The van der Waals surface area contributed by atoms with E-state index in [1.165, 1.54) is 17.3 Å². The van der Waals surface area contributed by atoms with E-state index in [4.69, 9.17) is 5.73 Å². The van der Waals surface area contributed by atoms with Gasteiger partial charge in [-0.25, -0.2) is 0 Å². The van der Waals surface area contributed by atoms with Gasteiger partial charge in [0.15, 0.2) is 0 Å². The second-order valence-corrected chi connectivity index (χ2v) is 9.88. The van der Waals surface area contributed by atoms with Gasteiger partial charge in [0.25, 0.3) is 5.91 Å². The number of piperidine rings is 1. The van der Waals surface area contributed by atoms with E-state index in [1.807, 2.05) is 41.3 Å². The van der Waals surface area contributed by atoms with Crippen LogP contribution in [0.15, 0.2) is 53.4 Å². The minimum absolute atomic E-state index is 0.0564. The maximum Gasteiger partial charge on any atom is 0.252 e. The van der Waals surface area contributed by atoms with Crippen molar-refractivity contribution in [1.82, 2.24) is 10.2 Å². The molecule has 0 aliphatic carbocycles. The van der Waals surface area contributed by atoms with Crippen LogP contribution in [0.1, 0.15) is 35.2 Å². The summed E-state index contributed by atoms with van der Waals surface area (Å²) >= 11 is 1.41. The lowest BCUT2D eigenvalue weighted by Crippen LogP contribution is -2.42. The van der Waals surface area contributed by atoms with Gasteiger partial charge in [0, 0.05) is 30.2 Å². The van der Waals surface area contributed by atoms with Gasteiger partial charge < -0.3 is 20.9 Å². The molecule has 0 saturated carbocycles. The number of anilines is 1. The fraction of sp³-hybridized carbons (Fsp3) is 0.423. The minimum atomic E-state index is -0.223. The zero-order chi connectivity index (χ0) is 23.9. The molecule has 7 nitrogen and oxygen atoms in total. The first-order chi connectivity index (χ1) is 16.5. The largest absolute Gasteiger partial charge is 0.369 e. The first-order valence-corrected chi connectivity index (χ1v) is 12.9. The Morgan fingerprint density at radius 2 is 1.85 bits per heavy atom. The quantitative estimate of drug-likeness (QED) is 0.425. The van der Waals surface area contributed by atoms with Crippen LogP contribution in [0.2, 0.25) is 0 Å². The van der Waals surface area contributed by atoms with Gasteiger partial charge in [-0.1, -0.05) is 30.3 Å². The van der Waals surface area contributed by atoms with Crippen LogP contribution in [0, 0.1) is 5.92 Å². The predicted molar refractivity (Wildman–Crippen MR) is 135 cm³/mol. The summed E-state index contributed by atoms with van der Waals surface area (Å²) in [5.74, 6) is -0.0746. The van der Waals surface area contributed by atoms with Gasteiger partial charge in [-0.15, -0.1) is 11.8 Å². The van der Waals surface area contributed by atoms with Crippen LogP contribution < -0.4 is 16.0 Å². The van der Waals surface area contributed by atoms with Crippen molar-refractivity contribution in [3.63, 3.8) is 0 Å². The van der Waals surface area contributed by atoms with Gasteiger partial charge in [0.1, 0.15) is 0 Å². The fourth-order valence-electron chi connectivity index (χ4n) is 4.69. The maximum atomic E-state index is 12.9. The van der Waals surface area contributed by atoms with E-state index in [1.54, 1.807) is 6.07 Å². The van der Waals surface area contributed by atoms with Gasteiger partial charge in [-0.2, -0.15) is 0 Å². The number of carbonyl (C=O) groups is 3. The number of rotatable bonds is 9. The third-order valence-corrected chi connectivity index (χ3v) is 7.57. The number of hydrogen-bond acceptors (Lipinski definition) is 5. The van der Waals surface area contributed by atoms with Gasteiger partial charge in [0.05, 0.1) is 17.2 Å². The highest BCUT2D eigenvalue weighted by atomic mass is 32.2. The lowest BCUT2D eigenvalue weighted by molar-refractivity contribution is -0.123. The van der Waals surface area contributed by atoms with Crippen molar-refractivity contribution in [1.29, 1.82) is 0 Å². The van der Waals surface area contributed by atoms with E-state index < -0.39 is 0 Å². The summed E-state index contributed by atoms with van der Waals surface area (Å²) in [4.78, 5) is 42.0. The van der Waals surface area contributed by atoms with E-state index in [-0.39, 0.29) is 29.4 Å². The lowest BCUT2D eigenvalue weighted by atomic mass is 9.97. The third-order valence-electron chi connectivity index (χ3n) is 6.52. The van der Waals surface area contributed by atoms with Crippen LogP contribution in [0.3, 0.4) is 0 Å². The monoisotopic (exact) mass is 480 g/mol. The number of likely N-dealkylation sites (tertiary alicyclic amines) is 1. The topological polar surface area (TPSA) is 95.7 Å². The van der Waals surface area contributed by atoms with Crippen LogP contribution in [-0.4, -0.2) is 61.1 Å². The molecule has 2 aromatic rings.